The summed E-state index contributed by atoms with van der Waals surface area (Å²) in [5, 5.41) is 14.7. The molecule has 0 fully saturated rings. The van der Waals surface area contributed by atoms with Gasteiger partial charge in [-0.25, -0.2) is 9.97 Å². The molecule has 0 N–H and O–H groups in total. The minimum absolute atomic E-state index is 0.825. The Morgan fingerprint density at radius 1 is 0.370 bits per heavy atom. The van der Waals surface area contributed by atoms with E-state index in [9.17, 15) is 0 Å². The molecule has 0 bridgehead atoms. The Kier molecular flexibility index (Phi) is 5.34. The molecule has 0 unspecified atom stereocenters. The SMILES string of the molecule is c1ccc(-c2nc3c(ccc4ccccc43)nc2-n2c3cccc4c5cc6ccccc6c6c7ccc8ccccc8c7n(c7cccc2c7c43)c56)cc1. The van der Waals surface area contributed by atoms with Gasteiger partial charge in [-0.15, -0.1) is 0 Å². The zero-order chi connectivity index (χ0) is 35.1. The highest BCUT2D eigenvalue weighted by atomic mass is 15.1. The van der Waals surface area contributed by atoms with Gasteiger partial charge in [0, 0.05) is 43.3 Å². The third-order valence-electron chi connectivity index (χ3n) is 11.8. The van der Waals surface area contributed by atoms with Crippen LogP contribution in [0.2, 0.25) is 0 Å². The van der Waals surface area contributed by atoms with Gasteiger partial charge >= 0.3 is 0 Å². The topological polar surface area (TPSA) is 35.1 Å². The largest absolute Gasteiger partial charge is 0.307 e. The molecule has 0 spiro atoms. The van der Waals surface area contributed by atoms with Crippen LogP contribution in [0.3, 0.4) is 0 Å². The molecule has 0 saturated carbocycles. The van der Waals surface area contributed by atoms with Crippen LogP contribution in [0, 0.1) is 0 Å². The van der Waals surface area contributed by atoms with Crippen molar-refractivity contribution in [3.8, 4) is 17.1 Å². The third kappa shape index (κ3) is 3.52. The van der Waals surface area contributed by atoms with E-state index in [-0.39, 0.29) is 0 Å². The Labute approximate surface area is 308 Å². The zero-order valence-corrected chi connectivity index (χ0v) is 29.0. The number of aromatic nitrogens is 4. The molecule has 0 radical (unpaired) electrons. The molecule has 248 valence electrons. The molecule has 54 heavy (non-hydrogen) atoms. The first-order chi connectivity index (χ1) is 26.8. The van der Waals surface area contributed by atoms with Crippen molar-refractivity contribution in [1.82, 2.24) is 18.9 Å². The van der Waals surface area contributed by atoms with Crippen molar-refractivity contribution in [3.05, 3.63) is 170 Å². The molecular formula is C50H28N4. The average Bonchev–Trinajstić information content (AvgIpc) is 3.73. The van der Waals surface area contributed by atoms with Crippen molar-refractivity contribution in [2.24, 2.45) is 0 Å². The van der Waals surface area contributed by atoms with Crippen LogP contribution in [-0.2, 0) is 0 Å². The number of hydrogen-bond donors (Lipinski definition) is 0. The summed E-state index contributed by atoms with van der Waals surface area (Å²) >= 11 is 0. The van der Waals surface area contributed by atoms with E-state index >= 15 is 0 Å². The van der Waals surface area contributed by atoms with Crippen LogP contribution in [0.4, 0.5) is 0 Å². The molecule has 0 atom stereocenters. The Morgan fingerprint density at radius 3 is 1.87 bits per heavy atom. The molecule has 0 saturated heterocycles. The predicted molar refractivity (Wildman–Crippen MR) is 226 cm³/mol. The van der Waals surface area contributed by atoms with Crippen molar-refractivity contribution in [3.63, 3.8) is 0 Å². The molecule has 0 aliphatic heterocycles. The fourth-order valence-corrected chi connectivity index (χ4v) is 9.55. The maximum atomic E-state index is 5.55. The van der Waals surface area contributed by atoms with Crippen molar-refractivity contribution < 1.29 is 0 Å². The summed E-state index contributed by atoms with van der Waals surface area (Å²) in [6.45, 7) is 0. The lowest BCUT2D eigenvalue weighted by Crippen LogP contribution is -2.04. The number of benzene rings is 9. The number of fused-ring (bicyclic) bond motifs is 12. The van der Waals surface area contributed by atoms with E-state index in [0.29, 0.717) is 0 Å². The number of rotatable bonds is 2. The van der Waals surface area contributed by atoms with Gasteiger partial charge in [-0.05, 0) is 57.3 Å². The van der Waals surface area contributed by atoms with E-state index in [1.54, 1.807) is 0 Å². The lowest BCUT2D eigenvalue weighted by atomic mass is 9.97. The fourth-order valence-electron chi connectivity index (χ4n) is 9.55. The maximum Gasteiger partial charge on any atom is 0.165 e. The van der Waals surface area contributed by atoms with Gasteiger partial charge in [0.05, 0.1) is 38.6 Å². The first kappa shape index (κ1) is 28.3. The molecule has 0 aliphatic rings. The highest BCUT2D eigenvalue weighted by molar-refractivity contribution is 6.36. The van der Waals surface area contributed by atoms with E-state index in [4.69, 9.17) is 9.97 Å². The summed E-state index contributed by atoms with van der Waals surface area (Å²) in [6, 6.07) is 61.5. The summed E-state index contributed by atoms with van der Waals surface area (Å²) in [5.41, 5.74) is 9.57. The van der Waals surface area contributed by atoms with Gasteiger partial charge in [0.2, 0.25) is 0 Å². The maximum absolute atomic E-state index is 5.55. The van der Waals surface area contributed by atoms with Gasteiger partial charge < -0.3 is 4.40 Å². The third-order valence-corrected chi connectivity index (χ3v) is 11.8. The Morgan fingerprint density at radius 2 is 1.02 bits per heavy atom. The van der Waals surface area contributed by atoms with Gasteiger partial charge in [0.25, 0.3) is 0 Å². The lowest BCUT2D eigenvalue weighted by Gasteiger charge is -2.15. The van der Waals surface area contributed by atoms with Crippen LogP contribution in [-0.4, -0.2) is 18.9 Å². The van der Waals surface area contributed by atoms with E-state index in [1.165, 1.54) is 70.4 Å². The van der Waals surface area contributed by atoms with Gasteiger partial charge in [0.15, 0.2) is 5.82 Å². The van der Waals surface area contributed by atoms with Crippen LogP contribution in [0.25, 0.3) is 120 Å². The van der Waals surface area contributed by atoms with Crippen molar-refractivity contribution >= 4 is 103 Å². The molecule has 4 nitrogen and oxygen atoms in total. The molecule has 13 aromatic rings. The summed E-state index contributed by atoms with van der Waals surface area (Å²) < 4.78 is 4.94. The fraction of sp³-hybridized carbons (Fsp3) is 0. The Hall–Kier alpha value is -7.30. The minimum atomic E-state index is 0.825. The second-order valence-electron chi connectivity index (χ2n) is 14.5. The summed E-state index contributed by atoms with van der Waals surface area (Å²) in [6.07, 6.45) is 0. The number of hydrogen-bond acceptors (Lipinski definition) is 2. The van der Waals surface area contributed by atoms with Crippen molar-refractivity contribution in [1.29, 1.82) is 0 Å². The van der Waals surface area contributed by atoms with E-state index < -0.39 is 0 Å². The first-order valence-corrected chi connectivity index (χ1v) is 18.5. The number of nitrogens with zero attached hydrogens (tertiary/aromatic N) is 4. The monoisotopic (exact) mass is 684 g/mol. The van der Waals surface area contributed by atoms with Crippen molar-refractivity contribution in [2.75, 3.05) is 0 Å². The lowest BCUT2D eigenvalue weighted by molar-refractivity contribution is 1.08. The van der Waals surface area contributed by atoms with Gasteiger partial charge in [0.1, 0.15) is 5.69 Å². The van der Waals surface area contributed by atoms with Crippen LogP contribution >= 0.6 is 0 Å². The average molecular weight is 685 g/mol. The van der Waals surface area contributed by atoms with E-state index in [1.807, 2.05) is 0 Å². The smallest absolute Gasteiger partial charge is 0.165 e. The molecule has 4 heteroatoms. The molecule has 13 rings (SSSR count). The van der Waals surface area contributed by atoms with Gasteiger partial charge in [-0.3, -0.25) is 4.57 Å². The summed E-state index contributed by atoms with van der Waals surface area (Å²) in [7, 11) is 0. The molecule has 4 heterocycles. The Bertz CT molecular complexity index is 3720. The van der Waals surface area contributed by atoms with Crippen LogP contribution in [0.5, 0.6) is 0 Å². The molecule has 0 amide bonds. The van der Waals surface area contributed by atoms with E-state index in [0.717, 1.165) is 49.9 Å². The summed E-state index contributed by atoms with van der Waals surface area (Å²) in [4.78, 5) is 11.0. The highest BCUT2D eigenvalue weighted by Crippen LogP contribution is 2.47. The molecular weight excluding hydrogens is 657 g/mol. The highest BCUT2D eigenvalue weighted by Gasteiger charge is 2.26. The van der Waals surface area contributed by atoms with Gasteiger partial charge in [-0.1, -0.05) is 140 Å². The molecule has 0 aliphatic carbocycles. The molecule has 4 aromatic heterocycles. The standard InChI is InChI=1S/C50H28N4/c1-2-14-31(15-3-1)46-50(51-39-27-25-29-12-4-8-18-34(29)47(39)52-46)53-40-21-10-20-36-38-28-32-16-6-7-17-33(32)43-37-26-24-30-13-5-9-19-35(30)48(37)54(49(38)43)42-23-11-22-41(53)45(42)44(36)40/h1-28H. The predicted octanol–water partition coefficient (Wildman–Crippen LogP) is 13.0. The van der Waals surface area contributed by atoms with Crippen LogP contribution < -0.4 is 0 Å². The van der Waals surface area contributed by atoms with E-state index in [2.05, 4.69) is 179 Å². The quantitative estimate of drug-likeness (QED) is 0.170. The molecule has 9 aromatic carbocycles. The second kappa shape index (κ2) is 10.2. The van der Waals surface area contributed by atoms with Gasteiger partial charge in [-0.2, -0.15) is 0 Å². The second-order valence-corrected chi connectivity index (χ2v) is 14.5. The zero-order valence-electron chi connectivity index (χ0n) is 29.0. The first-order valence-electron chi connectivity index (χ1n) is 18.5. The van der Waals surface area contributed by atoms with Crippen LogP contribution in [0.15, 0.2) is 170 Å². The normalized spacial score (nSPS) is 12.4. The van der Waals surface area contributed by atoms with Crippen molar-refractivity contribution in [2.45, 2.75) is 0 Å². The summed E-state index contributed by atoms with van der Waals surface area (Å²) in [5.74, 6) is 0.825. The van der Waals surface area contributed by atoms with Crippen LogP contribution in [0.1, 0.15) is 0 Å². The minimum Gasteiger partial charge on any atom is -0.307 e. The Balaban J connectivity index is 1.30.